The molecule has 0 radical (unpaired) electrons. The molecule has 148 valence electrons. The molecule has 1 aliphatic heterocycles. The average molecular weight is 436 g/mol. The summed E-state index contributed by atoms with van der Waals surface area (Å²) in [4.78, 5) is 17.6. The molecular weight excluding hydrogens is 414 g/mol. The second-order valence-electron chi connectivity index (χ2n) is 6.94. The molecule has 2 aromatic heterocycles. The maximum atomic E-state index is 13.0. The van der Waals surface area contributed by atoms with Crippen molar-refractivity contribution in [1.82, 2.24) is 9.29 Å². The number of carbonyl (C=O) groups is 1. The summed E-state index contributed by atoms with van der Waals surface area (Å²) in [6.07, 6.45) is 2.10. The molecule has 1 aromatic carbocycles. The van der Waals surface area contributed by atoms with Gasteiger partial charge in [0, 0.05) is 6.54 Å². The summed E-state index contributed by atoms with van der Waals surface area (Å²) in [6.45, 7) is 4.36. The first-order valence-electron chi connectivity index (χ1n) is 9.11. The molecule has 1 N–H and O–H groups in total. The Hall–Kier alpha value is -1.81. The van der Waals surface area contributed by atoms with Crippen LogP contribution in [0.5, 0.6) is 0 Å². The molecule has 0 saturated carbocycles. The molecule has 6 nitrogen and oxygen atoms in total. The van der Waals surface area contributed by atoms with E-state index in [1.54, 1.807) is 17.5 Å². The van der Waals surface area contributed by atoms with Crippen molar-refractivity contribution in [1.29, 1.82) is 0 Å². The number of sulfonamides is 1. The van der Waals surface area contributed by atoms with Gasteiger partial charge in [-0.3, -0.25) is 4.79 Å². The van der Waals surface area contributed by atoms with Gasteiger partial charge in [0.2, 0.25) is 5.91 Å². The van der Waals surface area contributed by atoms with E-state index in [1.165, 1.54) is 27.0 Å². The molecule has 0 unspecified atom stereocenters. The van der Waals surface area contributed by atoms with Crippen LogP contribution < -0.4 is 5.32 Å². The van der Waals surface area contributed by atoms with Gasteiger partial charge in [0.1, 0.15) is 10.3 Å². The lowest BCUT2D eigenvalue weighted by atomic mass is 10.0. The molecule has 3 aromatic rings. The maximum Gasteiger partial charge on any atom is 0.253 e. The van der Waals surface area contributed by atoms with Crippen molar-refractivity contribution in [2.24, 2.45) is 0 Å². The Morgan fingerprint density at radius 2 is 2.00 bits per heavy atom. The number of carbonyl (C=O) groups excluding carboxylic acids is 1. The Kier molecular flexibility index (Phi) is 5.26. The van der Waals surface area contributed by atoms with Gasteiger partial charge < -0.3 is 5.32 Å². The second-order valence-corrected chi connectivity index (χ2v) is 11.0. The van der Waals surface area contributed by atoms with Crippen molar-refractivity contribution in [3.8, 4) is 0 Å². The van der Waals surface area contributed by atoms with Gasteiger partial charge in [0.15, 0.2) is 5.13 Å². The molecule has 1 fully saturated rings. The fraction of sp³-hybridized carbons (Fsp3) is 0.368. The molecule has 28 heavy (non-hydrogen) atoms. The number of hydrogen-bond donors (Lipinski definition) is 1. The van der Waals surface area contributed by atoms with E-state index in [2.05, 4.69) is 10.3 Å². The zero-order valence-electron chi connectivity index (χ0n) is 15.6. The number of nitrogens with zero attached hydrogens (tertiary/aromatic N) is 2. The van der Waals surface area contributed by atoms with Gasteiger partial charge in [-0.15, -0.1) is 11.3 Å². The predicted molar refractivity (Wildman–Crippen MR) is 114 cm³/mol. The Bertz CT molecular complexity index is 1080. The van der Waals surface area contributed by atoms with Crippen LogP contribution in [0.1, 0.15) is 30.4 Å². The quantitative estimate of drug-likeness (QED) is 0.667. The number of amides is 1. The molecule has 1 saturated heterocycles. The smallest absolute Gasteiger partial charge is 0.253 e. The Morgan fingerprint density at radius 3 is 2.71 bits per heavy atom. The van der Waals surface area contributed by atoms with Gasteiger partial charge >= 0.3 is 0 Å². The topological polar surface area (TPSA) is 79.4 Å². The summed E-state index contributed by atoms with van der Waals surface area (Å²) in [5.74, 6) is -0.311. The fourth-order valence-corrected chi connectivity index (χ4v) is 7.27. The number of rotatable bonds is 4. The normalized spacial score (nSPS) is 18.4. The van der Waals surface area contributed by atoms with E-state index in [0.717, 1.165) is 34.2 Å². The van der Waals surface area contributed by atoms with Crippen LogP contribution in [0.3, 0.4) is 0 Å². The number of thiophene rings is 1. The molecular formula is C19H21N3O3S3. The van der Waals surface area contributed by atoms with Crippen molar-refractivity contribution in [2.45, 2.75) is 43.4 Å². The first-order chi connectivity index (χ1) is 13.4. The lowest BCUT2D eigenvalue weighted by molar-refractivity contribution is -0.120. The van der Waals surface area contributed by atoms with Crippen LogP contribution in [-0.2, 0) is 14.8 Å². The number of fused-ring (bicyclic) bond motifs is 1. The lowest BCUT2D eigenvalue weighted by Gasteiger charge is -2.32. The molecule has 0 spiro atoms. The van der Waals surface area contributed by atoms with Gasteiger partial charge in [0.05, 0.1) is 10.2 Å². The zero-order valence-corrected chi connectivity index (χ0v) is 18.1. The minimum absolute atomic E-state index is 0.276. The third-order valence-corrected chi connectivity index (χ3v) is 9.37. The van der Waals surface area contributed by atoms with Gasteiger partial charge in [-0.05, 0) is 49.3 Å². The average Bonchev–Trinajstić information content (AvgIpc) is 3.35. The van der Waals surface area contributed by atoms with Crippen molar-refractivity contribution in [3.05, 3.63) is 40.8 Å². The minimum atomic E-state index is -3.67. The number of aromatic nitrogens is 1. The van der Waals surface area contributed by atoms with E-state index in [9.17, 15) is 13.2 Å². The highest BCUT2D eigenvalue weighted by molar-refractivity contribution is 7.91. The highest BCUT2D eigenvalue weighted by atomic mass is 32.2. The maximum absolute atomic E-state index is 13.0. The van der Waals surface area contributed by atoms with Crippen molar-refractivity contribution < 1.29 is 13.2 Å². The summed E-state index contributed by atoms with van der Waals surface area (Å²) in [5.41, 5.74) is 3.04. The van der Waals surface area contributed by atoms with Crippen molar-refractivity contribution in [3.63, 3.8) is 0 Å². The Balaban J connectivity index is 1.61. The second kappa shape index (κ2) is 7.55. The molecule has 1 atom stereocenters. The van der Waals surface area contributed by atoms with Crippen LogP contribution in [0.25, 0.3) is 10.2 Å². The highest BCUT2D eigenvalue weighted by Gasteiger charge is 2.38. The minimum Gasteiger partial charge on any atom is -0.301 e. The monoisotopic (exact) mass is 435 g/mol. The van der Waals surface area contributed by atoms with Gasteiger partial charge in [0.25, 0.3) is 10.0 Å². The highest BCUT2D eigenvalue weighted by Crippen LogP contribution is 2.32. The molecule has 0 bridgehead atoms. The number of nitrogens with one attached hydrogen (secondary N) is 1. The molecule has 1 amide bonds. The summed E-state index contributed by atoms with van der Waals surface area (Å²) in [6, 6.07) is 6.64. The zero-order chi connectivity index (χ0) is 19.9. The third-order valence-electron chi connectivity index (χ3n) is 4.99. The van der Waals surface area contributed by atoms with Crippen LogP contribution in [0.2, 0.25) is 0 Å². The molecule has 3 heterocycles. The number of aryl methyl sites for hydroxylation is 2. The van der Waals surface area contributed by atoms with Crippen LogP contribution >= 0.6 is 22.7 Å². The van der Waals surface area contributed by atoms with Gasteiger partial charge in [-0.25, -0.2) is 13.4 Å². The van der Waals surface area contributed by atoms with Gasteiger partial charge in [-0.1, -0.05) is 36.0 Å². The predicted octanol–water partition coefficient (Wildman–Crippen LogP) is 4.16. The third kappa shape index (κ3) is 3.47. The van der Waals surface area contributed by atoms with E-state index in [4.69, 9.17) is 0 Å². The first-order valence-corrected chi connectivity index (χ1v) is 12.2. The number of benzene rings is 1. The van der Waals surface area contributed by atoms with Crippen LogP contribution in [0.15, 0.2) is 33.9 Å². The van der Waals surface area contributed by atoms with E-state index < -0.39 is 16.1 Å². The summed E-state index contributed by atoms with van der Waals surface area (Å²) < 4.78 is 28.6. The SMILES string of the molecule is Cc1ccc(C)c2sc(NC(=O)[C@@H]3CCCCN3S(=O)(=O)c3cccs3)nc12. The van der Waals surface area contributed by atoms with E-state index >= 15 is 0 Å². The van der Waals surface area contributed by atoms with Crippen molar-refractivity contribution in [2.75, 3.05) is 11.9 Å². The fourth-order valence-electron chi connectivity index (χ4n) is 3.48. The van der Waals surface area contributed by atoms with Crippen LogP contribution in [0.4, 0.5) is 5.13 Å². The number of piperidine rings is 1. The number of hydrogen-bond acceptors (Lipinski definition) is 6. The van der Waals surface area contributed by atoms with Crippen LogP contribution in [-0.4, -0.2) is 36.2 Å². The van der Waals surface area contributed by atoms with Crippen LogP contribution in [0, 0.1) is 13.8 Å². The Labute approximate surface area is 172 Å². The van der Waals surface area contributed by atoms with E-state index in [0.29, 0.717) is 18.1 Å². The standard InChI is InChI=1S/C19H21N3O3S3/c1-12-8-9-13(2)17-16(12)20-19(27-17)21-18(23)14-6-3-4-10-22(14)28(24,25)15-7-5-11-26-15/h5,7-9,11,14H,3-4,6,10H2,1-2H3,(H,20,21,23)/t14-/m0/s1. The molecule has 0 aliphatic carbocycles. The number of anilines is 1. The van der Waals surface area contributed by atoms with Crippen molar-refractivity contribution >= 4 is 54.0 Å². The molecule has 4 rings (SSSR count). The van der Waals surface area contributed by atoms with Gasteiger partial charge in [-0.2, -0.15) is 4.31 Å². The molecule has 1 aliphatic rings. The summed E-state index contributed by atoms with van der Waals surface area (Å²) in [7, 11) is -3.67. The van der Waals surface area contributed by atoms with E-state index in [1.807, 2.05) is 26.0 Å². The number of thiazole rings is 1. The largest absolute Gasteiger partial charge is 0.301 e. The molecule has 9 heteroatoms. The lowest BCUT2D eigenvalue weighted by Crippen LogP contribution is -2.49. The summed E-state index contributed by atoms with van der Waals surface area (Å²) in [5, 5.41) is 5.11. The summed E-state index contributed by atoms with van der Waals surface area (Å²) >= 11 is 2.60. The Morgan fingerprint density at radius 1 is 1.21 bits per heavy atom. The first kappa shape index (κ1) is 19.5. The van der Waals surface area contributed by atoms with E-state index in [-0.39, 0.29) is 10.1 Å².